The molecule has 0 heterocycles. The van der Waals surface area contributed by atoms with Crippen LogP contribution in [0.5, 0.6) is 0 Å². The van der Waals surface area contributed by atoms with Crippen LogP contribution in [0, 0.1) is 0 Å². The molecular weight excluding hydrogens is 1020 g/mol. The summed E-state index contributed by atoms with van der Waals surface area (Å²) in [7, 11) is 1.22. The van der Waals surface area contributed by atoms with Crippen molar-refractivity contribution in [2.75, 3.05) is 40.9 Å². The summed E-state index contributed by atoms with van der Waals surface area (Å²) in [4.78, 5) is 25.6. The number of aliphatic hydroxyl groups is 1. The second kappa shape index (κ2) is 61.2. The zero-order valence-electron chi connectivity index (χ0n) is 52.9. The number of rotatable bonds is 59. The summed E-state index contributed by atoms with van der Waals surface area (Å²) in [6, 6.07) is -0.919. The van der Waals surface area contributed by atoms with Crippen molar-refractivity contribution in [3.8, 4) is 0 Å². The Hall–Kier alpha value is -3.36. The minimum Gasteiger partial charge on any atom is -0.756 e. The van der Waals surface area contributed by atoms with Crippen LogP contribution in [-0.4, -0.2) is 68.5 Å². The number of carbonyl (C=O) groups excluding carboxylic acids is 1. The number of allylic oxidation sites excluding steroid dienone is 21. The van der Waals surface area contributed by atoms with Crippen LogP contribution < -0.4 is 10.2 Å². The zero-order chi connectivity index (χ0) is 59.1. The van der Waals surface area contributed by atoms with E-state index in [1.807, 2.05) is 27.2 Å². The molecule has 0 spiro atoms. The van der Waals surface area contributed by atoms with E-state index >= 15 is 0 Å². The molecule has 464 valence electrons. The van der Waals surface area contributed by atoms with E-state index in [-0.39, 0.29) is 12.5 Å². The molecule has 0 rings (SSSR count). The lowest BCUT2D eigenvalue weighted by Gasteiger charge is -2.29. The summed E-state index contributed by atoms with van der Waals surface area (Å²) in [5.41, 5.74) is 0. The molecule has 2 N–H and O–H groups in total. The van der Waals surface area contributed by atoms with Crippen LogP contribution in [0.25, 0.3) is 0 Å². The van der Waals surface area contributed by atoms with Gasteiger partial charge in [-0.15, -0.1) is 0 Å². The first-order valence-electron chi connectivity index (χ1n) is 33.0. The highest BCUT2D eigenvalue weighted by molar-refractivity contribution is 7.45. The molecule has 0 aromatic rings. The molecule has 0 aromatic carbocycles. The predicted molar refractivity (Wildman–Crippen MR) is 352 cm³/mol. The summed E-state index contributed by atoms with van der Waals surface area (Å²) in [5, 5.41) is 13.9. The molecule has 0 aromatic heterocycles. The van der Waals surface area contributed by atoms with Gasteiger partial charge in [-0.25, -0.2) is 0 Å². The first-order valence-corrected chi connectivity index (χ1v) is 34.5. The van der Waals surface area contributed by atoms with E-state index < -0.39 is 26.6 Å². The first-order chi connectivity index (χ1) is 39.5. The molecule has 0 saturated carbocycles. The Bertz CT molecular complexity index is 1780. The molecule has 81 heavy (non-hydrogen) atoms. The number of unbranched alkanes of at least 4 members (excludes halogenated alkanes) is 26. The number of aliphatic hydroxyl groups excluding tert-OH is 1. The second-order valence-electron chi connectivity index (χ2n) is 23.1. The lowest BCUT2D eigenvalue weighted by molar-refractivity contribution is -0.870. The number of phosphoric acid groups is 1. The highest BCUT2D eigenvalue weighted by Gasteiger charge is 2.23. The average molecular weight is 1150 g/mol. The SMILES string of the molecule is CC/C=C\C/C=C\C/C=C\C/C=C\C/C=C\C/C=C\C/C=C\C/C=C\CCCCCCCCCCCCCCCCC(=O)NC(COP(=O)([O-])OCC[N+](C)(C)C)C(O)/C=C/CC/C=C/CC/C=C/CCCCCCCCCCCC. The summed E-state index contributed by atoms with van der Waals surface area (Å²) in [6.07, 6.45) is 92.7. The largest absolute Gasteiger partial charge is 0.756 e. The highest BCUT2D eigenvalue weighted by atomic mass is 31.2. The summed E-state index contributed by atoms with van der Waals surface area (Å²) in [5.74, 6) is -0.215. The van der Waals surface area contributed by atoms with Crippen LogP contribution in [0.15, 0.2) is 134 Å². The normalized spacial score (nSPS) is 14.6. The third kappa shape index (κ3) is 64.1. The Kier molecular flexibility index (Phi) is 58.7. The van der Waals surface area contributed by atoms with Gasteiger partial charge in [0.1, 0.15) is 13.2 Å². The van der Waals surface area contributed by atoms with Gasteiger partial charge in [-0.3, -0.25) is 9.36 Å². The standard InChI is InChI=1S/C72H125N2O6P/c1-6-8-10-12-14-16-18-20-22-24-26-28-29-30-31-32-33-34-35-36-37-38-39-40-41-42-43-44-45-46-48-50-52-54-56-58-60-62-64-66-72(76)73-70(69-80-81(77,78)79-68-67-74(3,4)5)71(75)65-63-61-59-57-55-53-51-49-47-27-25-23-21-19-17-15-13-11-9-7-2/h8,10,14,16,20,22,26,28,30-31,33-34,36-37,39-40,47,49,55,57,63,65,70-71,75H,6-7,9,11-13,15,17-19,21,23-25,27,29,32,35,38,41-46,48,50-54,56,58-62,64,66-69H2,1-5H3,(H-,73,76,77,78)/b10-8-,16-14-,22-20-,28-26-,31-30-,34-33-,37-36-,40-39-,49-47+,57-55+,65-63+. The van der Waals surface area contributed by atoms with E-state index in [0.29, 0.717) is 17.4 Å². The molecule has 0 bridgehead atoms. The van der Waals surface area contributed by atoms with Gasteiger partial charge in [0, 0.05) is 6.42 Å². The molecule has 0 radical (unpaired) electrons. The van der Waals surface area contributed by atoms with Crippen LogP contribution in [0.3, 0.4) is 0 Å². The Morgan fingerprint density at radius 2 is 0.765 bits per heavy atom. The molecule has 0 saturated heterocycles. The topological polar surface area (TPSA) is 108 Å². The van der Waals surface area contributed by atoms with E-state index in [2.05, 4.69) is 141 Å². The fourth-order valence-electron chi connectivity index (χ4n) is 8.97. The lowest BCUT2D eigenvalue weighted by atomic mass is 10.0. The van der Waals surface area contributed by atoms with Gasteiger partial charge < -0.3 is 28.8 Å². The third-order valence-electron chi connectivity index (χ3n) is 14.1. The van der Waals surface area contributed by atoms with Crippen molar-refractivity contribution < 1.29 is 32.9 Å². The highest BCUT2D eigenvalue weighted by Crippen LogP contribution is 2.38. The smallest absolute Gasteiger partial charge is 0.268 e. The van der Waals surface area contributed by atoms with Gasteiger partial charge in [0.25, 0.3) is 7.82 Å². The van der Waals surface area contributed by atoms with E-state index in [1.165, 1.54) is 148 Å². The van der Waals surface area contributed by atoms with Gasteiger partial charge in [0.05, 0.1) is 39.9 Å². The minimum atomic E-state index is -4.62. The fraction of sp³-hybridized carbons (Fsp3) is 0.681. The molecule has 3 unspecified atom stereocenters. The van der Waals surface area contributed by atoms with Gasteiger partial charge in [-0.1, -0.05) is 282 Å². The number of phosphoric ester groups is 1. The van der Waals surface area contributed by atoms with Crippen molar-refractivity contribution in [1.29, 1.82) is 0 Å². The van der Waals surface area contributed by atoms with Crippen LogP contribution in [0.2, 0.25) is 0 Å². The third-order valence-corrected chi connectivity index (χ3v) is 15.0. The van der Waals surface area contributed by atoms with Gasteiger partial charge in [0.15, 0.2) is 0 Å². The van der Waals surface area contributed by atoms with Gasteiger partial charge in [0.2, 0.25) is 5.91 Å². The Balaban J connectivity index is 4.12. The van der Waals surface area contributed by atoms with Crippen molar-refractivity contribution in [1.82, 2.24) is 5.32 Å². The maximum absolute atomic E-state index is 13.0. The quantitative estimate of drug-likeness (QED) is 0.0272. The molecule has 8 nitrogen and oxygen atoms in total. The summed E-state index contributed by atoms with van der Waals surface area (Å²) >= 11 is 0. The van der Waals surface area contributed by atoms with Gasteiger partial charge >= 0.3 is 0 Å². The Morgan fingerprint density at radius 1 is 0.444 bits per heavy atom. The maximum atomic E-state index is 13.0. The second-order valence-corrected chi connectivity index (χ2v) is 24.5. The van der Waals surface area contributed by atoms with Crippen LogP contribution in [0.1, 0.15) is 264 Å². The number of likely N-dealkylation sites (N-methyl/N-ethyl adjacent to an activating group) is 1. The van der Waals surface area contributed by atoms with E-state index in [0.717, 1.165) is 96.3 Å². The van der Waals surface area contributed by atoms with Crippen molar-refractivity contribution in [2.24, 2.45) is 0 Å². The van der Waals surface area contributed by atoms with Gasteiger partial charge in [-0.05, 0) is 109 Å². The number of nitrogens with zero attached hydrogens (tertiary/aromatic N) is 1. The monoisotopic (exact) mass is 1140 g/mol. The Morgan fingerprint density at radius 3 is 1.15 bits per heavy atom. The van der Waals surface area contributed by atoms with Crippen molar-refractivity contribution in [2.45, 2.75) is 276 Å². The lowest BCUT2D eigenvalue weighted by Crippen LogP contribution is -2.45. The van der Waals surface area contributed by atoms with Crippen molar-refractivity contribution in [3.63, 3.8) is 0 Å². The number of quaternary nitrogens is 1. The number of amides is 1. The first kappa shape index (κ1) is 77.6. The molecule has 0 aliphatic carbocycles. The van der Waals surface area contributed by atoms with Crippen molar-refractivity contribution >= 4 is 13.7 Å². The molecule has 0 fully saturated rings. The predicted octanol–water partition coefficient (Wildman–Crippen LogP) is 20.4. The molecular formula is C72H125N2O6P. The molecule has 9 heteroatoms. The van der Waals surface area contributed by atoms with Gasteiger partial charge in [-0.2, -0.15) is 0 Å². The van der Waals surface area contributed by atoms with E-state index in [9.17, 15) is 19.4 Å². The molecule has 0 aliphatic rings. The molecule has 0 aliphatic heterocycles. The zero-order valence-corrected chi connectivity index (χ0v) is 53.8. The van der Waals surface area contributed by atoms with Crippen LogP contribution in [-0.2, 0) is 18.4 Å². The molecule has 1 amide bonds. The van der Waals surface area contributed by atoms with E-state index in [4.69, 9.17) is 9.05 Å². The number of hydrogen-bond donors (Lipinski definition) is 2. The summed E-state index contributed by atoms with van der Waals surface area (Å²) < 4.78 is 23.4. The summed E-state index contributed by atoms with van der Waals surface area (Å²) in [6.45, 7) is 4.51. The minimum absolute atomic E-state index is 0.0141. The number of carbonyl (C=O) groups is 1. The average Bonchev–Trinajstić information content (AvgIpc) is 3.43. The Labute approximate surface area is 500 Å². The molecule has 3 atom stereocenters. The van der Waals surface area contributed by atoms with E-state index in [1.54, 1.807) is 6.08 Å². The fourth-order valence-corrected chi connectivity index (χ4v) is 9.69. The van der Waals surface area contributed by atoms with Crippen LogP contribution >= 0.6 is 7.82 Å². The number of hydrogen-bond acceptors (Lipinski definition) is 6. The number of nitrogens with one attached hydrogen (secondary N) is 1. The van der Waals surface area contributed by atoms with Crippen molar-refractivity contribution in [3.05, 3.63) is 134 Å². The maximum Gasteiger partial charge on any atom is 0.268 e. The van der Waals surface area contributed by atoms with Crippen LogP contribution in [0.4, 0.5) is 0 Å².